The molecule has 0 spiro atoms. The molecule has 1 aromatic heterocycles. The zero-order valence-electron chi connectivity index (χ0n) is 11.1. The number of nitrogens with zero attached hydrogens (tertiary/aromatic N) is 2. The number of aromatic nitrogens is 2. The minimum absolute atomic E-state index is 0.467. The quantitative estimate of drug-likeness (QED) is 0.337. The number of aliphatic hydroxyl groups excluding tert-OH is 2. The van der Waals surface area contributed by atoms with E-state index < -0.39 is 62.1 Å². The molecule has 0 saturated carbocycles. The Kier molecular flexibility index (Phi) is 3.15. The number of phosphoric acid groups is 1. The van der Waals surface area contributed by atoms with Crippen molar-refractivity contribution in [3.8, 4) is 11.6 Å². The average Bonchev–Trinajstić information content (AvgIpc) is 2.81. The number of fused-ring (bicyclic) bond motifs is 5. The van der Waals surface area contributed by atoms with Crippen molar-refractivity contribution in [3.05, 3.63) is 10.5 Å². The molecule has 0 aliphatic carbocycles. The Morgan fingerprint density at radius 3 is 2.96 bits per heavy atom. The molecule has 5 bridgehead atoms. The maximum Gasteiger partial charge on any atom is 0.581 e. The molecule has 14 heteroatoms. The van der Waals surface area contributed by atoms with Crippen molar-refractivity contribution < 1.29 is 43.3 Å². The Morgan fingerprint density at radius 1 is 1.43 bits per heavy atom. The first-order chi connectivity index (χ1) is 10.9. The predicted octanol–water partition coefficient (Wildman–Crippen LogP) is -1.63. The molecule has 3 aliphatic rings. The first kappa shape index (κ1) is 14.8. The number of aromatic hydroxyl groups is 1. The normalized spacial score (nSPS) is 38.0. The lowest BCUT2D eigenvalue weighted by Gasteiger charge is -2.20. The Hall–Kier alpha value is -1.73. The molecule has 126 valence electrons. The summed E-state index contributed by atoms with van der Waals surface area (Å²) in [5, 5.41) is 29.6. The van der Waals surface area contributed by atoms with E-state index in [9.17, 15) is 24.7 Å². The average molecular weight is 351 g/mol. The van der Waals surface area contributed by atoms with E-state index in [0.717, 1.165) is 0 Å². The lowest BCUT2D eigenvalue weighted by atomic mass is 10.1. The number of rotatable bonds is 1. The number of hydrogen-bond donors (Lipinski definition) is 4. The van der Waals surface area contributed by atoms with Crippen molar-refractivity contribution >= 4 is 13.6 Å². The van der Waals surface area contributed by atoms with Crippen LogP contribution in [0.15, 0.2) is 4.79 Å². The van der Waals surface area contributed by atoms with Crippen molar-refractivity contribution in [3.63, 3.8) is 0 Å². The molecule has 0 radical (unpaired) electrons. The molecule has 0 aromatic carbocycles. The van der Waals surface area contributed by atoms with Gasteiger partial charge in [-0.15, -0.1) is 4.67 Å². The maximum atomic E-state index is 12.4. The molecule has 1 saturated heterocycles. The zero-order chi connectivity index (χ0) is 16.4. The van der Waals surface area contributed by atoms with Gasteiger partial charge in [0.05, 0.1) is 6.61 Å². The summed E-state index contributed by atoms with van der Waals surface area (Å²) in [5.41, 5.74) is 0.973. The highest BCUT2D eigenvalue weighted by Crippen LogP contribution is 2.56. The van der Waals surface area contributed by atoms with Crippen LogP contribution in [0.25, 0.3) is 0 Å². The number of ether oxygens (including phenoxy) is 1. The van der Waals surface area contributed by atoms with E-state index in [-0.39, 0.29) is 0 Å². The van der Waals surface area contributed by atoms with E-state index >= 15 is 0 Å². The molecule has 0 amide bonds. The van der Waals surface area contributed by atoms with Crippen LogP contribution < -0.4 is 15.7 Å². The monoisotopic (exact) mass is 351 g/mol. The Balaban J connectivity index is 1.97. The zero-order valence-corrected chi connectivity index (χ0v) is 12.0. The van der Waals surface area contributed by atoms with Gasteiger partial charge in [-0.2, -0.15) is 9.61 Å². The van der Waals surface area contributed by atoms with Gasteiger partial charge in [0.2, 0.25) is 11.6 Å². The van der Waals surface area contributed by atoms with Crippen LogP contribution in [-0.4, -0.2) is 49.8 Å². The Morgan fingerprint density at radius 2 is 2.22 bits per heavy atom. The largest absolute Gasteiger partial charge is 0.581 e. The Bertz CT molecular complexity index is 767. The number of aliphatic hydroxyl groups is 2. The van der Waals surface area contributed by atoms with Crippen molar-refractivity contribution in [2.45, 2.75) is 24.5 Å². The van der Waals surface area contributed by atoms with E-state index in [1.54, 1.807) is 0 Å². The van der Waals surface area contributed by atoms with E-state index in [4.69, 9.17) is 14.1 Å². The van der Waals surface area contributed by atoms with Crippen molar-refractivity contribution in [2.75, 3.05) is 12.1 Å². The minimum atomic E-state index is -4.47. The summed E-state index contributed by atoms with van der Waals surface area (Å²) >= 11 is 0. The van der Waals surface area contributed by atoms with Gasteiger partial charge in [-0.3, -0.25) is 0 Å². The van der Waals surface area contributed by atoms with Crippen LogP contribution in [0.4, 0.5) is 5.82 Å². The van der Waals surface area contributed by atoms with Gasteiger partial charge in [-0.05, 0) is 0 Å². The molecule has 13 nitrogen and oxygen atoms in total. The molecule has 2 unspecified atom stereocenters. The second-order valence-electron chi connectivity index (χ2n) is 4.87. The molecular weight excluding hydrogens is 341 g/mol. The predicted molar refractivity (Wildman–Crippen MR) is 66.1 cm³/mol. The number of nitrogens with one attached hydrogen (secondary N) is 1. The highest BCUT2D eigenvalue weighted by molar-refractivity contribution is 7.48. The van der Waals surface area contributed by atoms with E-state index in [0.29, 0.717) is 4.57 Å². The van der Waals surface area contributed by atoms with Crippen molar-refractivity contribution in [1.82, 2.24) is 9.55 Å². The van der Waals surface area contributed by atoms with Gasteiger partial charge in [-0.1, -0.05) is 0 Å². The second kappa shape index (κ2) is 4.88. The minimum Gasteiger partial charge on any atom is -0.501 e. The second-order valence-corrected chi connectivity index (χ2v) is 6.28. The summed E-state index contributed by atoms with van der Waals surface area (Å²) in [4.78, 5) is 20.5. The van der Waals surface area contributed by atoms with Gasteiger partial charge >= 0.3 is 13.5 Å². The molecule has 3 aliphatic heterocycles. The van der Waals surface area contributed by atoms with Crippen LogP contribution in [0, 0.1) is 0 Å². The SMILES string of the molecule is O=c1nc2c(O)c3n1C1O[C@H](CO)[C@@H](OOP(=O)(ON2)O3)[C@H]1O. The lowest BCUT2D eigenvalue weighted by molar-refractivity contribution is -0.280. The Labute approximate surface area is 126 Å². The van der Waals surface area contributed by atoms with Gasteiger partial charge in [0.1, 0.15) is 12.2 Å². The first-order valence-corrected chi connectivity index (χ1v) is 7.79. The molecule has 4 heterocycles. The van der Waals surface area contributed by atoms with Gasteiger partial charge in [0.25, 0.3) is 5.88 Å². The van der Waals surface area contributed by atoms with Crippen molar-refractivity contribution in [2.24, 2.45) is 0 Å². The summed E-state index contributed by atoms with van der Waals surface area (Å²) in [7, 11) is -4.47. The van der Waals surface area contributed by atoms with Gasteiger partial charge in [0.15, 0.2) is 12.3 Å². The highest BCUT2D eigenvalue weighted by Gasteiger charge is 2.52. The fourth-order valence-corrected chi connectivity index (χ4v) is 3.33. The number of anilines is 1. The fourth-order valence-electron chi connectivity index (χ4n) is 2.44. The van der Waals surface area contributed by atoms with E-state index in [1.807, 2.05) is 5.48 Å². The maximum absolute atomic E-state index is 12.4. The van der Waals surface area contributed by atoms with Gasteiger partial charge in [-0.25, -0.2) is 24.3 Å². The summed E-state index contributed by atoms with van der Waals surface area (Å²) in [5.74, 6) is -1.83. The van der Waals surface area contributed by atoms with Gasteiger partial charge < -0.3 is 24.6 Å². The smallest absolute Gasteiger partial charge is 0.501 e. The van der Waals surface area contributed by atoms with E-state index in [2.05, 4.69) is 14.3 Å². The molecule has 1 aromatic rings. The third-order valence-corrected chi connectivity index (χ3v) is 4.48. The summed E-state index contributed by atoms with van der Waals surface area (Å²) in [6, 6.07) is 0. The number of hydrogen-bond acceptors (Lipinski definition) is 12. The topological polar surface area (TPSA) is 171 Å². The molecule has 4 rings (SSSR count). The molecule has 4 N–H and O–H groups in total. The standard InChI is InChI=1S/C9H10N3O10P/c13-1-2-5-3(14)7(18-2)12-8-4(15)6(10-9(12)16)11-21-23(17,20-8)22-19-5/h2-3,5,7,13-15H,1H2,(H,10,11,16)/t2-,3-,5-,7?,23?/m1/s1. The van der Waals surface area contributed by atoms with Crippen LogP contribution in [0.1, 0.15) is 6.23 Å². The molecule has 5 atom stereocenters. The third-order valence-electron chi connectivity index (χ3n) is 3.50. The first-order valence-electron chi connectivity index (χ1n) is 6.33. The van der Waals surface area contributed by atoms with Crippen molar-refractivity contribution in [1.29, 1.82) is 0 Å². The van der Waals surface area contributed by atoms with Crippen LogP contribution in [-0.2, 0) is 23.5 Å². The van der Waals surface area contributed by atoms with Crippen LogP contribution >= 0.6 is 7.82 Å². The lowest BCUT2D eigenvalue weighted by Crippen LogP contribution is -2.37. The molecule has 1 fully saturated rings. The van der Waals surface area contributed by atoms with Crippen LogP contribution in [0.5, 0.6) is 11.6 Å². The van der Waals surface area contributed by atoms with Gasteiger partial charge in [0, 0.05) is 0 Å². The summed E-state index contributed by atoms with van der Waals surface area (Å²) < 4.78 is 32.5. The summed E-state index contributed by atoms with van der Waals surface area (Å²) in [6.45, 7) is -0.590. The van der Waals surface area contributed by atoms with E-state index in [1.165, 1.54) is 0 Å². The van der Waals surface area contributed by atoms with Crippen LogP contribution in [0.3, 0.4) is 0 Å². The van der Waals surface area contributed by atoms with Crippen LogP contribution in [0.2, 0.25) is 0 Å². The summed E-state index contributed by atoms with van der Waals surface area (Å²) in [6.07, 6.45) is -5.35. The third kappa shape index (κ3) is 2.06. The molecule has 23 heavy (non-hydrogen) atoms. The highest BCUT2D eigenvalue weighted by atomic mass is 31.2. The fraction of sp³-hybridized carbons (Fsp3) is 0.556. The molecular formula is C9H10N3O10P.